The van der Waals surface area contributed by atoms with E-state index in [0.29, 0.717) is 47.4 Å². The molecule has 2 aliphatic heterocycles. The lowest BCUT2D eigenvalue weighted by Gasteiger charge is -2.30. The van der Waals surface area contributed by atoms with Gasteiger partial charge in [-0.2, -0.15) is 0 Å². The van der Waals surface area contributed by atoms with Crippen molar-refractivity contribution in [2.24, 2.45) is 76.6 Å². The summed E-state index contributed by atoms with van der Waals surface area (Å²) in [6.07, 6.45) is 21.5. The quantitative estimate of drug-likeness (QED) is 0.0814. The number of nitrogens with two attached hydrogens (primary N) is 2. The zero-order valence-electron chi connectivity index (χ0n) is 39.5. The van der Waals surface area contributed by atoms with Crippen LogP contribution in [0.15, 0.2) is 48.6 Å². The minimum absolute atomic E-state index is 0. The number of amides is 1. The van der Waals surface area contributed by atoms with Gasteiger partial charge in [0.2, 0.25) is 5.91 Å². The van der Waals surface area contributed by atoms with Gasteiger partial charge in [0.15, 0.2) is 0 Å². The molecule has 0 unspecified atom stereocenters. The number of aliphatic hydroxyl groups excluding tert-OH is 4. The van der Waals surface area contributed by atoms with E-state index in [2.05, 4.69) is 79.6 Å². The molecule has 16 nitrogen and oxygen atoms in total. The van der Waals surface area contributed by atoms with Gasteiger partial charge in [-0.15, -0.1) is 17.0 Å². The Hall–Kier alpha value is -2.49. The molecular weight excluding hydrogens is 1070 g/mol. The van der Waals surface area contributed by atoms with Gasteiger partial charge in [0.25, 0.3) is 0 Å². The number of fused-ring (bicyclic) bond motifs is 3. The van der Waals surface area contributed by atoms with Crippen molar-refractivity contribution in [2.45, 2.75) is 125 Å². The second kappa shape index (κ2) is 29.6. The first-order valence-corrected chi connectivity index (χ1v) is 25.0. The smallest absolute Gasteiger partial charge is 0.313 e. The minimum atomic E-state index is -0.699. The molecule has 9 rings (SSSR count). The fraction of sp³-hybridized carbons (Fsp3) is 0.729. The number of halogens is 3. The van der Waals surface area contributed by atoms with Crippen LogP contribution >= 0.6 is 48.8 Å². The Labute approximate surface area is 423 Å². The number of esters is 3. The average molecular weight is 1140 g/mol. The molecule has 0 aromatic rings. The van der Waals surface area contributed by atoms with Crippen LogP contribution in [0.3, 0.4) is 0 Å². The maximum Gasteiger partial charge on any atom is 0.313 e. The number of ether oxygens (including phenoxy) is 3. The van der Waals surface area contributed by atoms with Gasteiger partial charge in [0.1, 0.15) is 6.10 Å². The lowest BCUT2D eigenvalue weighted by atomic mass is 10.0. The van der Waals surface area contributed by atoms with Crippen LogP contribution in [-0.4, -0.2) is 129 Å². The summed E-state index contributed by atoms with van der Waals surface area (Å²) >= 11 is 6.90. The number of aliphatic carboxylic acids is 1. The Balaban J connectivity index is 0.000000268. The van der Waals surface area contributed by atoms with Gasteiger partial charge < -0.3 is 56.5 Å². The maximum absolute atomic E-state index is 10.9. The van der Waals surface area contributed by atoms with Crippen LogP contribution in [0.2, 0.25) is 0 Å². The van der Waals surface area contributed by atoms with E-state index >= 15 is 0 Å². The Morgan fingerprint density at radius 2 is 1.24 bits per heavy atom. The van der Waals surface area contributed by atoms with Crippen molar-refractivity contribution in [1.29, 1.82) is 0 Å². The number of alkyl halides is 2. The summed E-state index contributed by atoms with van der Waals surface area (Å²) in [5, 5.41) is 47.3. The predicted molar refractivity (Wildman–Crippen MR) is 266 cm³/mol. The molecule has 5 fully saturated rings. The molecule has 0 aromatic heterocycles. The van der Waals surface area contributed by atoms with E-state index in [0.717, 1.165) is 38.5 Å². The van der Waals surface area contributed by atoms with Crippen LogP contribution in [0.5, 0.6) is 0 Å². The van der Waals surface area contributed by atoms with E-state index in [1.165, 1.54) is 14.2 Å². The number of carbonyl (C=O) groups excluding carboxylic acids is 4. The second-order valence-corrected chi connectivity index (χ2v) is 21.1. The molecule has 0 radical (unpaired) electrons. The number of carboxylic acid groups (broad SMARTS) is 1. The first-order chi connectivity index (χ1) is 31.1. The third-order valence-electron chi connectivity index (χ3n) is 13.4. The molecule has 3 saturated carbocycles. The first kappa shape index (κ1) is 60.6. The molecule has 19 atom stereocenters. The molecule has 2 heterocycles. The van der Waals surface area contributed by atoms with Crippen molar-refractivity contribution >= 4 is 78.6 Å². The Morgan fingerprint density at radius 1 is 0.701 bits per heavy atom. The number of methoxy groups -OCH3 is 2. The first-order valence-electron chi connectivity index (χ1n) is 23.1. The number of hydrogen-bond acceptors (Lipinski definition) is 14. The molecule has 67 heavy (non-hydrogen) atoms. The van der Waals surface area contributed by atoms with E-state index < -0.39 is 5.97 Å². The molecule has 7 aliphatic carbocycles. The fourth-order valence-corrected chi connectivity index (χ4v) is 10.6. The van der Waals surface area contributed by atoms with Crippen LogP contribution in [0, 0.1) is 65.1 Å². The van der Waals surface area contributed by atoms with Gasteiger partial charge in [-0.25, -0.2) is 0 Å². The molecule has 0 aromatic carbocycles. The highest BCUT2D eigenvalue weighted by Crippen LogP contribution is 2.44. The van der Waals surface area contributed by atoms with E-state index in [1.807, 2.05) is 31.2 Å². The molecular formula is C48H76Br3N3O13. The summed E-state index contributed by atoms with van der Waals surface area (Å²) in [5.41, 5.74) is 11.0. The number of allylic oxidation sites excluding steroid dienone is 2. The monoisotopic (exact) mass is 1140 g/mol. The highest BCUT2D eigenvalue weighted by atomic mass is 79.9. The number of carbonyl (C=O) groups is 5. The molecule has 382 valence electrons. The van der Waals surface area contributed by atoms with E-state index in [1.54, 1.807) is 12.2 Å². The summed E-state index contributed by atoms with van der Waals surface area (Å²) in [6, 6.07) is 0.494. The van der Waals surface area contributed by atoms with Crippen LogP contribution in [-0.2, 0) is 38.2 Å². The van der Waals surface area contributed by atoms with Crippen LogP contribution < -0.4 is 16.8 Å². The van der Waals surface area contributed by atoms with Gasteiger partial charge in [0, 0.05) is 48.0 Å². The summed E-state index contributed by atoms with van der Waals surface area (Å²) in [7, 11) is 2.82. The van der Waals surface area contributed by atoms with Crippen molar-refractivity contribution < 1.29 is 63.7 Å². The number of hydrogen-bond donors (Lipinski definition) is 8. The maximum atomic E-state index is 10.9. The molecule has 9 aliphatic rings. The normalized spacial score (nSPS) is 39.2. The Kier molecular flexibility index (Phi) is 26.8. The summed E-state index contributed by atoms with van der Waals surface area (Å²) < 4.78 is 14.1. The predicted octanol–water partition coefficient (Wildman–Crippen LogP) is 4.52. The number of aliphatic hydroxyl groups is 4. The fourth-order valence-electron chi connectivity index (χ4n) is 9.22. The van der Waals surface area contributed by atoms with Crippen molar-refractivity contribution in [3.8, 4) is 0 Å². The van der Waals surface area contributed by atoms with E-state index in [4.69, 9.17) is 36.6 Å². The average Bonchev–Trinajstić information content (AvgIpc) is 4.19. The topological polar surface area (TPSA) is 278 Å². The lowest BCUT2D eigenvalue weighted by molar-refractivity contribution is -0.179. The highest BCUT2D eigenvalue weighted by molar-refractivity contribution is 9.09. The third kappa shape index (κ3) is 18.6. The molecule has 10 N–H and O–H groups in total. The summed E-state index contributed by atoms with van der Waals surface area (Å²) in [6.45, 7) is 8.52. The van der Waals surface area contributed by atoms with Crippen molar-refractivity contribution in [2.75, 3.05) is 27.4 Å². The molecule has 2 saturated heterocycles. The minimum Gasteiger partial charge on any atom is -0.481 e. The van der Waals surface area contributed by atoms with Gasteiger partial charge in [0.05, 0.1) is 60.8 Å². The van der Waals surface area contributed by atoms with Gasteiger partial charge >= 0.3 is 23.9 Å². The standard InChI is InChI=1S/C8H12O2.C7H9BrO2.C7H13BrO2.C7H11NO2.C7H10O2.C6H13NO2.C6H7NO.BrH/c1-6-3-4-7(5-6)8(9)10-2;1-3-2-4-6(5(3)8)10-7(4)9;1-4-2-5(3-9)7(10)6(4)8;1-10-7(9)5-2-3-6(8)4-5;1-5-2-3-6(4-5)7(8)9;7-5-1-4(3-8)6(9)2-5;8-6-4-1-2-5(3-4)7-6;/h3-4,6-7H,5H2,1-2H3;3-6H,2H2,1H3;4-7,9-10H,2-3H2,1H3;2-3,5-6H,4,8H2,1H3;2-3,5-6H,4H2,1H3,(H,8,9);4-6,8-9H,1-3,7H2;1-2,4-5H,3H2,(H,7,8);1H/t6-,7+;3-,4-,5-,6-;4-,5+,6-,7-;5-,6+;5-,6-;4-,5+,6-;4-,5+;/m0111001./s1. The van der Waals surface area contributed by atoms with Gasteiger partial charge in [-0.1, -0.05) is 108 Å². The Morgan fingerprint density at radius 3 is 1.51 bits per heavy atom. The number of rotatable bonds is 5. The second-order valence-electron chi connectivity index (χ2n) is 19.0. The van der Waals surface area contributed by atoms with Crippen molar-refractivity contribution in [3.63, 3.8) is 0 Å². The zero-order valence-corrected chi connectivity index (χ0v) is 44.4. The summed E-state index contributed by atoms with van der Waals surface area (Å²) in [4.78, 5) is 54.0. The third-order valence-corrected chi connectivity index (χ3v) is 16.3. The summed E-state index contributed by atoms with van der Waals surface area (Å²) in [5.74, 6) is 1.46. The van der Waals surface area contributed by atoms with Crippen molar-refractivity contribution in [3.05, 3.63) is 48.6 Å². The number of carboxylic acids is 1. The highest BCUT2D eigenvalue weighted by Gasteiger charge is 2.53. The molecule has 2 bridgehead atoms. The van der Waals surface area contributed by atoms with E-state index in [-0.39, 0.29) is 131 Å². The van der Waals surface area contributed by atoms with Crippen LogP contribution in [0.4, 0.5) is 0 Å². The van der Waals surface area contributed by atoms with E-state index in [9.17, 15) is 29.1 Å². The molecule has 19 heteroatoms. The largest absolute Gasteiger partial charge is 0.481 e. The van der Waals surface area contributed by atoms with Gasteiger partial charge in [-0.3, -0.25) is 24.0 Å². The van der Waals surface area contributed by atoms with Crippen LogP contribution in [0.25, 0.3) is 0 Å². The Bertz CT molecular complexity index is 1680. The number of nitrogens with one attached hydrogen (secondary N) is 1. The van der Waals surface area contributed by atoms with Crippen molar-refractivity contribution in [1.82, 2.24) is 5.32 Å². The lowest BCUT2D eigenvalue weighted by Crippen LogP contribution is -2.44. The molecule has 1 amide bonds. The zero-order chi connectivity index (χ0) is 49.4. The van der Waals surface area contributed by atoms with Gasteiger partial charge in [-0.05, 0) is 75.0 Å². The molecule has 0 spiro atoms. The SMILES string of the molecule is Br.COC(=O)[C@@H]1C=C[C@H](C)C1.COC(=O)[C@@H]1C=C[C@H](N)C1.C[C@@H]1C[C@@H](CO)[C@@H](O)[C@@H]1Br.C[C@@H]1C[C@H]2C(=O)O[C@H]2[C@@H]1Br.C[C@H]1C=C[C@H](C(=O)O)C1.N[C@@H]1C[C@@H](CO)[C@@H](O)C1.O=C1N[C@H]2C=C[C@@H]1C2. The van der Waals surface area contributed by atoms with Crippen LogP contribution in [0.1, 0.15) is 79.1 Å².